The van der Waals surface area contributed by atoms with Gasteiger partial charge in [-0.1, -0.05) is 74.5 Å². The number of hydrogen-bond acceptors (Lipinski definition) is 8. The zero-order valence-electron chi connectivity index (χ0n) is 28.7. The Balaban J connectivity index is 1.70. The molecular weight excluding hydrogens is 665 g/mol. The highest BCUT2D eigenvalue weighted by atomic mass is 32.1. The van der Waals surface area contributed by atoms with Crippen molar-refractivity contribution in [2.24, 2.45) is 5.41 Å². The fourth-order valence-corrected chi connectivity index (χ4v) is 7.76. The molecule has 0 N–H and O–H groups in total. The van der Waals surface area contributed by atoms with Crippen LogP contribution in [-0.4, -0.2) is 34.1 Å². The van der Waals surface area contributed by atoms with Gasteiger partial charge in [0.25, 0.3) is 11.2 Å². The molecule has 11 heteroatoms. The van der Waals surface area contributed by atoms with E-state index in [1.807, 2.05) is 77.9 Å². The first-order chi connectivity index (χ1) is 24.5. The second-order valence-electron chi connectivity index (χ2n) is 13.5. The molecule has 2 heterocycles. The molecule has 0 saturated heterocycles. The number of anilines is 1. The van der Waals surface area contributed by atoms with E-state index in [1.165, 1.54) is 17.7 Å². The van der Waals surface area contributed by atoms with Crippen LogP contribution < -0.4 is 19.9 Å². The Morgan fingerprint density at radius 1 is 0.824 bits per heavy atom. The number of allylic oxidation sites excluding steroid dienone is 2. The maximum atomic E-state index is 15.4. The highest BCUT2D eigenvalue weighted by Crippen LogP contribution is 2.53. The van der Waals surface area contributed by atoms with Crippen LogP contribution in [0.2, 0.25) is 0 Å². The lowest BCUT2D eigenvalue weighted by Gasteiger charge is -2.45. The molecule has 0 bridgehead atoms. The Morgan fingerprint density at radius 3 is 2.06 bits per heavy atom. The summed E-state index contributed by atoms with van der Waals surface area (Å²) in [5.74, 6) is 0.292. The molecule has 1 atom stereocenters. The van der Waals surface area contributed by atoms with Crippen LogP contribution in [0.15, 0.2) is 119 Å². The Labute approximate surface area is 300 Å². The quantitative estimate of drug-likeness (QED) is 0.0909. The molecule has 0 fully saturated rings. The summed E-state index contributed by atoms with van der Waals surface area (Å²) in [7, 11) is 3.11. The Morgan fingerprint density at radius 2 is 1.43 bits per heavy atom. The lowest BCUT2D eigenvalue weighted by Crippen LogP contribution is -2.44. The minimum absolute atomic E-state index is 0.157. The van der Waals surface area contributed by atoms with Gasteiger partial charge in [-0.3, -0.25) is 28.8 Å². The number of fused-ring (bicyclic) bond motifs is 1. The number of carbonyl (C=O) groups is 1. The zero-order valence-corrected chi connectivity index (χ0v) is 29.5. The maximum Gasteiger partial charge on any atom is 0.273 e. The topological polar surface area (TPSA) is 109 Å². The number of ketones is 1. The van der Waals surface area contributed by atoms with Gasteiger partial charge in [0, 0.05) is 48.0 Å². The van der Waals surface area contributed by atoms with Crippen LogP contribution in [0.3, 0.4) is 0 Å². The SMILES string of the molecule is COc1cccc(-n2c3c(c(=O)n(-c4cccc(OC)c4)c2=S)C(c2ccccc2[N+](=O)[O-])C2=C(CC(C)(C)CC2=O)N3Cc2ccccc2)c1. The number of Topliss-reactive ketones (excluding diaryl/α,β-unsaturated/α-hetero) is 1. The van der Waals surface area contributed by atoms with Crippen molar-refractivity contribution in [2.45, 2.75) is 39.2 Å². The minimum atomic E-state index is -1.07. The summed E-state index contributed by atoms with van der Waals surface area (Å²) in [6, 6.07) is 30.5. The van der Waals surface area contributed by atoms with Gasteiger partial charge in [-0.25, -0.2) is 0 Å². The van der Waals surface area contributed by atoms with Crippen LogP contribution in [0.5, 0.6) is 11.5 Å². The summed E-state index contributed by atoms with van der Waals surface area (Å²) in [4.78, 5) is 44.2. The number of hydrogen-bond donors (Lipinski definition) is 0. The molecule has 0 spiro atoms. The molecule has 51 heavy (non-hydrogen) atoms. The first kappa shape index (κ1) is 33.7. The first-order valence-electron chi connectivity index (χ1n) is 16.5. The van der Waals surface area contributed by atoms with Crippen molar-refractivity contribution in [2.75, 3.05) is 19.1 Å². The number of aromatic nitrogens is 2. The van der Waals surface area contributed by atoms with Crippen molar-refractivity contribution in [1.29, 1.82) is 0 Å². The second-order valence-corrected chi connectivity index (χ2v) is 13.9. The lowest BCUT2D eigenvalue weighted by molar-refractivity contribution is -0.385. The molecule has 1 aliphatic carbocycles. The van der Waals surface area contributed by atoms with Gasteiger partial charge in [0.15, 0.2) is 10.6 Å². The minimum Gasteiger partial charge on any atom is -0.497 e. The summed E-state index contributed by atoms with van der Waals surface area (Å²) in [5, 5.41) is 12.6. The predicted molar refractivity (Wildman–Crippen MR) is 198 cm³/mol. The Bertz CT molecular complexity index is 2360. The first-order valence-corrected chi connectivity index (χ1v) is 17.0. The monoisotopic (exact) mass is 700 g/mol. The molecule has 10 nitrogen and oxygen atoms in total. The van der Waals surface area contributed by atoms with E-state index in [2.05, 4.69) is 0 Å². The molecule has 1 aliphatic heterocycles. The molecule has 4 aromatic carbocycles. The molecule has 1 aromatic heterocycles. The van der Waals surface area contributed by atoms with E-state index in [-0.39, 0.29) is 33.8 Å². The van der Waals surface area contributed by atoms with Gasteiger partial charge in [0.1, 0.15) is 17.3 Å². The van der Waals surface area contributed by atoms with Crippen LogP contribution >= 0.6 is 12.2 Å². The van der Waals surface area contributed by atoms with Gasteiger partial charge in [-0.15, -0.1) is 0 Å². The van der Waals surface area contributed by atoms with E-state index in [0.29, 0.717) is 52.9 Å². The number of nitrogens with zero attached hydrogens (tertiary/aromatic N) is 4. The van der Waals surface area contributed by atoms with Crippen LogP contribution in [0.4, 0.5) is 11.5 Å². The number of carbonyl (C=O) groups excluding carboxylic acids is 1. The van der Waals surface area contributed by atoms with Gasteiger partial charge in [-0.05, 0) is 53.9 Å². The molecule has 0 saturated carbocycles. The maximum absolute atomic E-state index is 15.4. The number of ether oxygens (including phenoxy) is 2. The van der Waals surface area contributed by atoms with Gasteiger partial charge in [-0.2, -0.15) is 0 Å². The number of nitro benzene ring substituents is 1. The van der Waals surface area contributed by atoms with Crippen molar-refractivity contribution in [1.82, 2.24) is 9.13 Å². The molecule has 7 rings (SSSR count). The van der Waals surface area contributed by atoms with E-state index in [4.69, 9.17) is 21.7 Å². The van der Waals surface area contributed by atoms with Crippen LogP contribution in [0.1, 0.15) is 49.3 Å². The van der Waals surface area contributed by atoms with Crippen molar-refractivity contribution in [3.8, 4) is 22.9 Å². The number of rotatable bonds is 8. The van der Waals surface area contributed by atoms with Crippen molar-refractivity contribution < 1.29 is 19.2 Å². The molecule has 2 aliphatic rings. The molecule has 0 radical (unpaired) electrons. The lowest BCUT2D eigenvalue weighted by atomic mass is 9.68. The van der Waals surface area contributed by atoms with E-state index in [1.54, 1.807) is 49.6 Å². The van der Waals surface area contributed by atoms with E-state index in [0.717, 1.165) is 5.56 Å². The number of benzene rings is 4. The van der Waals surface area contributed by atoms with Crippen molar-refractivity contribution in [3.05, 3.63) is 156 Å². The van der Waals surface area contributed by atoms with Crippen LogP contribution in [0, 0.1) is 20.3 Å². The summed E-state index contributed by atoms with van der Waals surface area (Å²) in [5.41, 5.74) is 2.44. The Kier molecular flexibility index (Phi) is 8.68. The van der Waals surface area contributed by atoms with Crippen molar-refractivity contribution >= 4 is 29.5 Å². The number of nitro groups is 1. The molecule has 0 amide bonds. The highest BCUT2D eigenvalue weighted by molar-refractivity contribution is 7.71. The smallest absolute Gasteiger partial charge is 0.273 e. The van der Waals surface area contributed by atoms with E-state index < -0.39 is 21.8 Å². The van der Waals surface area contributed by atoms with Gasteiger partial charge < -0.3 is 14.4 Å². The number of para-hydroxylation sites is 1. The summed E-state index contributed by atoms with van der Waals surface area (Å²) < 4.78 is 14.6. The fraction of sp³-hybridized carbons (Fsp3) is 0.225. The number of methoxy groups -OCH3 is 2. The normalized spacial score (nSPS) is 16.4. The summed E-state index contributed by atoms with van der Waals surface area (Å²) in [6.45, 7) is 4.39. The molecular formula is C40H36N4O6S. The fourth-order valence-electron chi connectivity index (χ4n) is 7.38. The Hall–Kier alpha value is -5.81. The average molecular weight is 701 g/mol. The van der Waals surface area contributed by atoms with Crippen molar-refractivity contribution in [3.63, 3.8) is 0 Å². The van der Waals surface area contributed by atoms with E-state index in [9.17, 15) is 14.9 Å². The van der Waals surface area contributed by atoms with Crippen LogP contribution in [-0.2, 0) is 11.3 Å². The molecule has 5 aromatic rings. The largest absolute Gasteiger partial charge is 0.497 e. The molecule has 1 unspecified atom stereocenters. The standard InChI is InChI=1S/C40H36N4O6S/c1-40(2)22-32-35(33(45)23-40)34(30-18-8-9-19-31(30)44(47)48)36-37(41(32)24-25-12-6-5-7-13-25)42(26-14-10-16-28(20-26)49-3)39(51)43(38(36)46)27-15-11-17-29(21-27)50-4/h5-21,34H,22-24H2,1-4H3. The summed E-state index contributed by atoms with van der Waals surface area (Å²) in [6.07, 6.45) is 0.706. The average Bonchev–Trinajstić information content (AvgIpc) is 3.12. The second kappa shape index (κ2) is 13.1. The third-order valence-electron chi connectivity index (χ3n) is 9.58. The van der Waals surface area contributed by atoms with Gasteiger partial charge in [0.2, 0.25) is 0 Å². The molecule has 258 valence electrons. The predicted octanol–water partition coefficient (Wildman–Crippen LogP) is 8.08. The van der Waals surface area contributed by atoms with Crippen LogP contribution in [0.25, 0.3) is 11.4 Å². The van der Waals surface area contributed by atoms with Gasteiger partial charge in [0.05, 0.1) is 42.0 Å². The van der Waals surface area contributed by atoms with E-state index >= 15 is 4.79 Å². The third-order valence-corrected chi connectivity index (χ3v) is 9.94. The third kappa shape index (κ3) is 5.93. The van der Waals surface area contributed by atoms with Gasteiger partial charge >= 0.3 is 0 Å². The zero-order chi connectivity index (χ0) is 36.0. The highest BCUT2D eigenvalue weighted by Gasteiger charge is 2.47. The summed E-state index contributed by atoms with van der Waals surface area (Å²) >= 11 is 6.27.